The maximum Gasteiger partial charge on any atom is 0.244 e. The lowest BCUT2D eigenvalue weighted by atomic mass is 10.1. The van der Waals surface area contributed by atoms with Crippen LogP contribution in [0.3, 0.4) is 0 Å². The summed E-state index contributed by atoms with van der Waals surface area (Å²) < 4.78 is 52.7. The summed E-state index contributed by atoms with van der Waals surface area (Å²) in [6.45, 7) is 6.12. The molecule has 186 valence electrons. The van der Waals surface area contributed by atoms with Crippen LogP contribution in [0.2, 0.25) is 5.02 Å². The van der Waals surface area contributed by atoms with Crippen molar-refractivity contribution in [1.82, 2.24) is 10.2 Å². The van der Waals surface area contributed by atoms with E-state index in [4.69, 9.17) is 11.6 Å². The van der Waals surface area contributed by atoms with Crippen molar-refractivity contribution in [1.29, 1.82) is 0 Å². The molecular weight excluding hydrogens is 488 g/mol. The predicted molar refractivity (Wildman–Crippen MR) is 128 cm³/mol. The van der Waals surface area contributed by atoms with E-state index < -0.39 is 51.6 Å². The molecule has 0 aliphatic heterocycles. The summed E-state index contributed by atoms with van der Waals surface area (Å²) in [6, 6.07) is 8.23. The highest BCUT2D eigenvalue weighted by Gasteiger charge is 2.31. The number of amides is 2. The number of hydrogen-bond acceptors (Lipinski definition) is 4. The zero-order valence-corrected chi connectivity index (χ0v) is 21.2. The minimum absolute atomic E-state index is 0.0342. The molecule has 2 aromatic rings. The van der Waals surface area contributed by atoms with E-state index in [1.165, 1.54) is 11.8 Å². The van der Waals surface area contributed by atoms with Gasteiger partial charge < -0.3 is 10.2 Å². The van der Waals surface area contributed by atoms with Crippen LogP contribution in [0.15, 0.2) is 42.5 Å². The van der Waals surface area contributed by atoms with Crippen molar-refractivity contribution >= 4 is 39.1 Å². The molecule has 0 aliphatic rings. The summed E-state index contributed by atoms with van der Waals surface area (Å²) in [5, 5.41) is 3.23. The van der Waals surface area contributed by atoms with Gasteiger partial charge in [-0.15, -0.1) is 0 Å². The summed E-state index contributed by atoms with van der Waals surface area (Å²) in [6.07, 6.45) is 0.846. The summed E-state index contributed by atoms with van der Waals surface area (Å²) in [7, 11) is -4.06. The lowest BCUT2D eigenvalue weighted by Crippen LogP contribution is -2.54. The largest absolute Gasteiger partial charge is 0.350 e. The van der Waals surface area contributed by atoms with Gasteiger partial charge in [-0.1, -0.05) is 23.7 Å². The summed E-state index contributed by atoms with van der Waals surface area (Å²) in [5.74, 6) is -3.57. The van der Waals surface area contributed by atoms with Gasteiger partial charge in [0, 0.05) is 23.2 Å². The van der Waals surface area contributed by atoms with Gasteiger partial charge in [0.05, 0.1) is 11.9 Å². The zero-order chi connectivity index (χ0) is 25.8. The fourth-order valence-electron chi connectivity index (χ4n) is 3.14. The van der Waals surface area contributed by atoms with Gasteiger partial charge in [-0.3, -0.25) is 13.9 Å². The lowest BCUT2D eigenvalue weighted by molar-refractivity contribution is -0.140. The van der Waals surface area contributed by atoms with Gasteiger partial charge in [0.1, 0.15) is 12.6 Å². The molecule has 2 amide bonds. The van der Waals surface area contributed by atoms with E-state index >= 15 is 0 Å². The second-order valence-electron chi connectivity index (χ2n) is 8.93. The highest BCUT2D eigenvalue weighted by Crippen LogP contribution is 2.22. The van der Waals surface area contributed by atoms with E-state index in [1.807, 2.05) is 0 Å². The van der Waals surface area contributed by atoms with E-state index in [1.54, 1.807) is 45.0 Å². The van der Waals surface area contributed by atoms with Crippen molar-refractivity contribution in [2.75, 3.05) is 17.1 Å². The van der Waals surface area contributed by atoms with Crippen molar-refractivity contribution in [3.8, 4) is 0 Å². The standard InChI is InChI=1S/C23H28ClF2N3O4S/c1-15(22(31)27-23(2,3)4)28(13-16-7-6-8-17(24)11-16)21(30)14-29(34(5,32)33)18-9-10-19(25)20(26)12-18/h6-12,15H,13-14H2,1-5H3,(H,27,31)/t15-/m0/s1. The van der Waals surface area contributed by atoms with Gasteiger partial charge in [0.25, 0.3) is 0 Å². The minimum atomic E-state index is -4.06. The minimum Gasteiger partial charge on any atom is -0.350 e. The smallest absolute Gasteiger partial charge is 0.244 e. The molecule has 2 aromatic carbocycles. The number of hydrogen-bond donors (Lipinski definition) is 1. The number of halogens is 3. The second-order valence-corrected chi connectivity index (χ2v) is 11.3. The van der Waals surface area contributed by atoms with E-state index in [-0.39, 0.29) is 12.2 Å². The molecule has 0 saturated heterocycles. The molecule has 34 heavy (non-hydrogen) atoms. The first-order chi connectivity index (χ1) is 15.6. The quantitative estimate of drug-likeness (QED) is 0.580. The number of carbonyl (C=O) groups is 2. The van der Waals surface area contributed by atoms with Gasteiger partial charge in [0.15, 0.2) is 11.6 Å². The molecule has 11 heteroatoms. The lowest BCUT2D eigenvalue weighted by Gasteiger charge is -2.33. The molecule has 1 atom stereocenters. The Morgan fingerprint density at radius 3 is 2.26 bits per heavy atom. The number of benzene rings is 2. The van der Waals surface area contributed by atoms with Gasteiger partial charge in [-0.05, 0) is 57.5 Å². The first-order valence-electron chi connectivity index (χ1n) is 10.4. The van der Waals surface area contributed by atoms with E-state index in [9.17, 15) is 26.8 Å². The molecule has 0 aliphatic carbocycles. The molecule has 0 spiro atoms. The molecule has 0 saturated carbocycles. The first-order valence-corrected chi connectivity index (χ1v) is 12.6. The number of nitrogens with one attached hydrogen (secondary N) is 1. The molecule has 1 N–H and O–H groups in total. The number of carbonyl (C=O) groups excluding carboxylic acids is 2. The molecule has 0 fully saturated rings. The first kappa shape index (κ1) is 27.5. The Morgan fingerprint density at radius 2 is 1.74 bits per heavy atom. The summed E-state index contributed by atoms with van der Waals surface area (Å²) >= 11 is 6.05. The van der Waals surface area contributed by atoms with Crippen LogP contribution < -0.4 is 9.62 Å². The van der Waals surface area contributed by atoms with E-state index in [0.717, 1.165) is 18.4 Å². The van der Waals surface area contributed by atoms with Crippen molar-refractivity contribution in [3.05, 3.63) is 64.7 Å². The molecule has 0 heterocycles. The molecule has 2 rings (SSSR count). The number of nitrogens with zero attached hydrogens (tertiary/aromatic N) is 2. The van der Waals surface area contributed by atoms with Crippen LogP contribution in [-0.2, 0) is 26.2 Å². The Bertz CT molecular complexity index is 1170. The Hall–Kier alpha value is -2.72. The van der Waals surface area contributed by atoms with Gasteiger partial charge in [-0.25, -0.2) is 17.2 Å². The average Bonchev–Trinajstić information content (AvgIpc) is 2.69. The number of sulfonamides is 1. The van der Waals surface area contributed by atoms with Gasteiger partial charge >= 0.3 is 0 Å². The fraction of sp³-hybridized carbons (Fsp3) is 0.391. The zero-order valence-electron chi connectivity index (χ0n) is 19.6. The Morgan fingerprint density at radius 1 is 1.09 bits per heavy atom. The van der Waals surface area contributed by atoms with E-state index in [2.05, 4.69) is 5.32 Å². The van der Waals surface area contributed by atoms with Crippen LogP contribution in [0.5, 0.6) is 0 Å². The van der Waals surface area contributed by atoms with Gasteiger partial charge in [0.2, 0.25) is 21.8 Å². The normalized spacial score (nSPS) is 12.7. The Kier molecular flexibility index (Phi) is 8.65. The van der Waals surface area contributed by atoms with Crippen molar-refractivity contribution in [2.24, 2.45) is 0 Å². The van der Waals surface area contributed by atoms with Crippen LogP contribution in [0, 0.1) is 11.6 Å². The van der Waals surface area contributed by atoms with Crippen LogP contribution >= 0.6 is 11.6 Å². The average molecular weight is 516 g/mol. The third-order valence-corrected chi connectivity index (χ3v) is 6.15. The third kappa shape index (κ3) is 7.66. The molecular formula is C23H28ClF2N3O4S. The van der Waals surface area contributed by atoms with Crippen LogP contribution in [-0.4, -0.2) is 49.5 Å². The highest BCUT2D eigenvalue weighted by molar-refractivity contribution is 7.92. The van der Waals surface area contributed by atoms with Crippen LogP contribution in [0.4, 0.5) is 14.5 Å². The molecule has 0 radical (unpaired) electrons. The number of rotatable bonds is 8. The van der Waals surface area contributed by atoms with Crippen LogP contribution in [0.25, 0.3) is 0 Å². The van der Waals surface area contributed by atoms with E-state index in [0.29, 0.717) is 21.0 Å². The molecule has 0 aromatic heterocycles. The number of anilines is 1. The van der Waals surface area contributed by atoms with Crippen LogP contribution in [0.1, 0.15) is 33.3 Å². The summed E-state index contributed by atoms with van der Waals surface area (Å²) in [5.41, 5.74) is -0.167. The topological polar surface area (TPSA) is 86.8 Å². The maximum atomic E-state index is 13.8. The third-order valence-electron chi connectivity index (χ3n) is 4.78. The molecule has 0 bridgehead atoms. The van der Waals surface area contributed by atoms with Crippen molar-refractivity contribution < 1.29 is 26.8 Å². The van der Waals surface area contributed by atoms with Gasteiger partial charge in [-0.2, -0.15) is 0 Å². The van der Waals surface area contributed by atoms with Crippen molar-refractivity contribution in [3.63, 3.8) is 0 Å². The highest BCUT2D eigenvalue weighted by atomic mass is 35.5. The Balaban J connectivity index is 2.43. The molecule has 0 unspecified atom stereocenters. The fourth-order valence-corrected chi connectivity index (χ4v) is 4.20. The summed E-state index contributed by atoms with van der Waals surface area (Å²) in [4.78, 5) is 27.4. The predicted octanol–water partition coefficient (Wildman–Crippen LogP) is 3.72. The second kappa shape index (κ2) is 10.7. The van der Waals surface area contributed by atoms with Crippen molar-refractivity contribution in [2.45, 2.75) is 45.8 Å². The maximum absolute atomic E-state index is 13.8. The molecule has 7 nitrogen and oxygen atoms in total. The monoisotopic (exact) mass is 515 g/mol. The Labute approximate surface area is 203 Å². The SMILES string of the molecule is C[C@@H](C(=O)NC(C)(C)C)N(Cc1cccc(Cl)c1)C(=O)CN(c1ccc(F)c(F)c1)S(C)(=O)=O.